The Kier molecular flexibility index (Phi) is 5.33. The molecule has 1 aliphatic rings. The van der Waals surface area contributed by atoms with Crippen LogP contribution in [0.1, 0.15) is 51.9 Å². The van der Waals surface area contributed by atoms with Gasteiger partial charge < -0.3 is 5.32 Å². The minimum atomic E-state index is 0.253. The lowest BCUT2D eigenvalue weighted by Gasteiger charge is -2.48. The quantitative estimate of drug-likeness (QED) is 0.905. The molecule has 1 atom stereocenters. The summed E-state index contributed by atoms with van der Waals surface area (Å²) in [7, 11) is 0. The highest BCUT2D eigenvalue weighted by atomic mass is 15.3. The molecule has 0 bridgehead atoms. The summed E-state index contributed by atoms with van der Waals surface area (Å²) in [6, 6.07) is 0.569. The van der Waals surface area contributed by atoms with Crippen molar-refractivity contribution in [3.8, 4) is 0 Å². The third kappa shape index (κ3) is 3.80. The molecule has 1 aromatic heterocycles. The molecule has 118 valence electrons. The first kappa shape index (κ1) is 16.4. The number of nitrogens with zero attached hydrogens (tertiary/aromatic N) is 3. The van der Waals surface area contributed by atoms with Crippen molar-refractivity contribution >= 4 is 0 Å². The lowest BCUT2D eigenvalue weighted by molar-refractivity contribution is 0.0433. The molecule has 1 saturated heterocycles. The maximum absolute atomic E-state index is 4.54. The average Bonchev–Trinajstić information content (AvgIpc) is 2.49. The number of hydrogen-bond donors (Lipinski definition) is 1. The summed E-state index contributed by atoms with van der Waals surface area (Å²) in [4.78, 5) is 11.5. The molecule has 2 rings (SSSR count). The molecule has 0 spiro atoms. The molecule has 4 nitrogen and oxygen atoms in total. The smallest absolute Gasteiger partial charge is 0.0727 e. The lowest BCUT2D eigenvalue weighted by Crippen LogP contribution is -2.64. The second kappa shape index (κ2) is 6.84. The molecule has 21 heavy (non-hydrogen) atoms. The summed E-state index contributed by atoms with van der Waals surface area (Å²) in [5.41, 5.74) is 2.31. The third-order valence-corrected chi connectivity index (χ3v) is 4.98. The zero-order valence-electron chi connectivity index (χ0n) is 14.2. The van der Waals surface area contributed by atoms with Gasteiger partial charge >= 0.3 is 0 Å². The largest absolute Gasteiger partial charge is 0.308 e. The Bertz CT molecular complexity index is 437. The first-order chi connectivity index (χ1) is 9.99. The van der Waals surface area contributed by atoms with Crippen LogP contribution in [-0.4, -0.2) is 39.5 Å². The summed E-state index contributed by atoms with van der Waals surface area (Å²) < 4.78 is 0. The monoisotopic (exact) mass is 290 g/mol. The molecule has 0 saturated carbocycles. The van der Waals surface area contributed by atoms with Gasteiger partial charge in [0.05, 0.1) is 11.4 Å². The zero-order valence-corrected chi connectivity index (χ0v) is 14.2. The average molecular weight is 290 g/mol. The summed E-state index contributed by atoms with van der Waals surface area (Å²) in [6.07, 6.45) is 6.14. The first-order valence-electron chi connectivity index (χ1n) is 8.26. The molecule has 1 fully saturated rings. The summed E-state index contributed by atoms with van der Waals surface area (Å²) in [5, 5.41) is 3.81. The van der Waals surface area contributed by atoms with Crippen LogP contribution in [0.2, 0.25) is 0 Å². The number of aryl methyl sites for hydroxylation is 1. The second-order valence-corrected chi connectivity index (χ2v) is 6.73. The number of hydrogen-bond acceptors (Lipinski definition) is 4. The van der Waals surface area contributed by atoms with Gasteiger partial charge in [-0.3, -0.25) is 14.9 Å². The highest BCUT2D eigenvalue weighted by Crippen LogP contribution is 2.26. The molecule has 0 amide bonds. The molecular weight excluding hydrogens is 260 g/mol. The number of rotatable bonds is 5. The van der Waals surface area contributed by atoms with Crippen molar-refractivity contribution in [1.29, 1.82) is 0 Å². The minimum absolute atomic E-state index is 0.253. The predicted molar refractivity (Wildman–Crippen MR) is 87.1 cm³/mol. The topological polar surface area (TPSA) is 41.1 Å². The maximum atomic E-state index is 4.54. The summed E-state index contributed by atoms with van der Waals surface area (Å²) in [5.74, 6) is 0.641. The highest BCUT2D eigenvalue weighted by Gasteiger charge is 2.37. The molecule has 1 aromatic rings. The SMILES string of the molecule is CCC1(CC)CN(Cc2cnc(C)cn2)C(C(C)C)CN1. The highest BCUT2D eigenvalue weighted by molar-refractivity contribution is 5.04. The second-order valence-electron chi connectivity index (χ2n) is 6.73. The van der Waals surface area contributed by atoms with Crippen molar-refractivity contribution in [2.75, 3.05) is 13.1 Å². The van der Waals surface area contributed by atoms with Gasteiger partial charge in [0.2, 0.25) is 0 Å². The van der Waals surface area contributed by atoms with E-state index in [-0.39, 0.29) is 5.54 Å². The third-order valence-electron chi connectivity index (χ3n) is 4.98. The van der Waals surface area contributed by atoms with Crippen LogP contribution >= 0.6 is 0 Å². The van der Waals surface area contributed by atoms with Crippen molar-refractivity contribution in [3.05, 3.63) is 23.8 Å². The van der Waals surface area contributed by atoms with Crippen LogP contribution in [0.25, 0.3) is 0 Å². The molecule has 0 radical (unpaired) electrons. The number of aromatic nitrogens is 2. The van der Waals surface area contributed by atoms with Crippen LogP contribution in [0.5, 0.6) is 0 Å². The van der Waals surface area contributed by atoms with Gasteiger partial charge in [0.1, 0.15) is 0 Å². The maximum Gasteiger partial charge on any atom is 0.0727 e. The van der Waals surface area contributed by atoms with Crippen molar-refractivity contribution < 1.29 is 0 Å². The Morgan fingerprint density at radius 3 is 2.52 bits per heavy atom. The van der Waals surface area contributed by atoms with Crippen molar-refractivity contribution in [2.24, 2.45) is 5.92 Å². The summed E-state index contributed by atoms with van der Waals surface area (Å²) >= 11 is 0. The van der Waals surface area contributed by atoms with E-state index in [2.05, 4.69) is 47.9 Å². The van der Waals surface area contributed by atoms with Gasteiger partial charge in [0.25, 0.3) is 0 Å². The Hall–Kier alpha value is -1.00. The van der Waals surface area contributed by atoms with Crippen LogP contribution < -0.4 is 5.32 Å². The summed E-state index contributed by atoms with van der Waals surface area (Å²) in [6.45, 7) is 14.2. The van der Waals surface area contributed by atoms with Crippen LogP contribution in [0.4, 0.5) is 0 Å². The Balaban J connectivity index is 2.15. The normalized spacial score (nSPS) is 22.7. The zero-order chi connectivity index (χ0) is 15.5. The van der Waals surface area contributed by atoms with Gasteiger partial charge in [-0.15, -0.1) is 0 Å². The van der Waals surface area contributed by atoms with Gasteiger partial charge in [-0.2, -0.15) is 0 Å². The van der Waals surface area contributed by atoms with E-state index in [0.29, 0.717) is 12.0 Å². The van der Waals surface area contributed by atoms with Gasteiger partial charge in [0, 0.05) is 43.6 Å². The van der Waals surface area contributed by atoms with Gasteiger partial charge in [0.15, 0.2) is 0 Å². The van der Waals surface area contributed by atoms with E-state index in [0.717, 1.165) is 31.0 Å². The van der Waals surface area contributed by atoms with Crippen LogP contribution in [-0.2, 0) is 6.54 Å². The molecule has 0 aliphatic carbocycles. The van der Waals surface area contributed by atoms with Gasteiger partial charge in [-0.25, -0.2) is 0 Å². The van der Waals surface area contributed by atoms with E-state index in [9.17, 15) is 0 Å². The van der Waals surface area contributed by atoms with Crippen molar-refractivity contribution in [3.63, 3.8) is 0 Å². The molecular formula is C17H30N4. The Morgan fingerprint density at radius 1 is 1.29 bits per heavy atom. The van der Waals surface area contributed by atoms with Crippen LogP contribution in [0.15, 0.2) is 12.4 Å². The molecule has 0 aromatic carbocycles. The first-order valence-corrected chi connectivity index (χ1v) is 8.26. The Morgan fingerprint density at radius 2 is 2.00 bits per heavy atom. The lowest BCUT2D eigenvalue weighted by atomic mass is 9.86. The van der Waals surface area contributed by atoms with Gasteiger partial charge in [-0.05, 0) is 25.7 Å². The van der Waals surface area contributed by atoms with Crippen molar-refractivity contribution in [2.45, 2.75) is 65.6 Å². The van der Waals surface area contributed by atoms with Crippen molar-refractivity contribution in [1.82, 2.24) is 20.2 Å². The molecule has 1 N–H and O–H groups in total. The van der Waals surface area contributed by atoms with E-state index in [1.807, 2.05) is 19.3 Å². The standard InChI is InChI=1S/C17H30N4/c1-6-17(7-2)12-21(16(10-20-17)13(3)4)11-15-9-18-14(5)8-19-15/h8-9,13,16,20H,6-7,10-12H2,1-5H3. The van der Waals surface area contributed by atoms with E-state index in [1.54, 1.807) is 0 Å². The molecule has 1 unspecified atom stereocenters. The van der Waals surface area contributed by atoms with Crippen LogP contribution in [0.3, 0.4) is 0 Å². The van der Waals surface area contributed by atoms with E-state index in [4.69, 9.17) is 0 Å². The van der Waals surface area contributed by atoms with E-state index in [1.165, 1.54) is 12.8 Å². The minimum Gasteiger partial charge on any atom is -0.308 e. The van der Waals surface area contributed by atoms with E-state index >= 15 is 0 Å². The van der Waals surface area contributed by atoms with E-state index < -0.39 is 0 Å². The Labute approximate surface area is 129 Å². The molecule has 1 aliphatic heterocycles. The fourth-order valence-electron chi connectivity index (χ4n) is 3.28. The number of piperazine rings is 1. The van der Waals surface area contributed by atoms with Crippen LogP contribution in [0, 0.1) is 12.8 Å². The fourth-order valence-corrected chi connectivity index (χ4v) is 3.28. The molecule has 2 heterocycles. The number of nitrogens with one attached hydrogen (secondary N) is 1. The molecule has 4 heteroatoms. The predicted octanol–water partition coefficient (Wildman–Crippen LogP) is 2.77. The fraction of sp³-hybridized carbons (Fsp3) is 0.765. The van der Waals surface area contributed by atoms with Gasteiger partial charge in [-0.1, -0.05) is 27.7 Å².